The molecule has 0 aliphatic heterocycles. The molecule has 1 heterocycles. The van der Waals surface area contributed by atoms with E-state index in [9.17, 15) is 13.2 Å². The summed E-state index contributed by atoms with van der Waals surface area (Å²) in [5.41, 5.74) is 0.304. The van der Waals surface area contributed by atoms with Gasteiger partial charge in [0.1, 0.15) is 5.76 Å². The molecule has 7 nitrogen and oxygen atoms in total. The highest BCUT2D eigenvalue weighted by Gasteiger charge is 2.19. The van der Waals surface area contributed by atoms with Gasteiger partial charge in [-0.3, -0.25) is 0 Å². The molecule has 1 aromatic carbocycles. The Labute approximate surface area is 132 Å². The standard InChI is InChI=1S/C13H13ClN2O5S/c1-7-12(21-8(2)16-7)6-15-22(19,20)9-3-4-11(14)10(5-9)13(17)18/h3-5,15H,6H2,1-2H3,(H,17,18). The minimum atomic E-state index is -3.90. The second-order valence-corrected chi connectivity index (χ2v) is 6.69. The highest BCUT2D eigenvalue weighted by molar-refractivity contribution is 7.89. The normalized spacial score (nSPS) is 11.6. The Hall–Kier alpha value is -1.90. The van der Waals surface area contributed by atoms with Crippen molar-refractivity contribution in [2.75, 3.05) is 0 Å². The molecule has 0 fully saturated rings. The SMILES string of the molecule is Cc1nc(C)c(CNS(=O)(=O)c2ccc(Cl)c(C(=O)O)c2)o1. The molecular weight excluding hydrogens is 332 g/mol. The lowest BCUT2D eigenvalue weighted by molar-refractivity contribution is 0.0697. The Bertz CT molecular complexity index is 829. The monoisotopic (exact) mass is 344 g/mol. The molecule has 0 aliphatic carbocycles. The van der Waals surface area contributed by atoms with E-state index >= 15 is 0 Å². The number of aryl methyl sites for hydroxylation is 2. The lowest BCUT2D eigenvalue weighted by Crippen LogP contribution is -2.23. The third-order valence-electron chi connectivity index (χ3n) is 2.90. The van der Waals surface area contributed by atoms with E-state index in [1.807, 2.05) is 0 Å². The van der Waals surface area contributed by atoms with Gasteiger partial charge in [0.25, 0.3) is 0 Å². The van der Waals surface area contributed by atoms with Crippen LogP contribution in [0.15, 0.2) is 27.5 Å². The number of aromatic carboxylic acids is 1. The first kappa shape index (κ1) is 16.5. The number of hydrogen-bond donors (Lipinski definition) is 2. The van der Waals surface area contributed by atoms with Gasteiger partial charge in [0.15, 0.2) is 5.89 Å². The number of nitrogens with zero attached hydrogens (tertiary/aromatic N) is 1. The largest absolute Gasteiger partial charge is 0.478 e. The van der Waals surface area contributed by atoms with Crippen molar-refractivity contribution in [1.82, 2.24) is 9.71 Å². The number of nitrogens with one attached hydrogen (secondary N) is 1. The Morgan fingerprint density at radius 3 is 2.64 bits per heavy atom. The van der Waals surface area contributed by atoms with Crippen molar-refractivity contribution in [2.45, 2.75) is 25.3 Å². The summed E-state index contributed by atoms with van der Waals surface area (Å²) in [5, 5.41) is 8.95. The zero-order chi connectivity index (χ0) is 16.5. The van der Waals surface area contributed by atoms with E-state index in [1.165, 1.54) is 12.1 Å². The van der Waals surface area contributed by atoms with Crippen LogP contribution in [0.2, 0.25) is 5.02 Å². The molecule has 0 atom stereocenters. The molecule has 2 aromatic rings. The van der Waals surface area contributed by atoms with Crippen LogP contribution in [0.25, 0.3) is 0 Å². The molecule has 0 saturated carbocycles. The smallest absolute Gasteiger partial charge is 0.337 e. The third-order valence-corrected chi connectivity index (χ3v) is 4.63. The molecule has 0 saturated heterocycles. The zero-order valence-electron chi connectivity index (χ0n) is 11.8. The van der Waals surface area contributed by atoms with Crippen molar-refractivity contribution >= 4 is 27.6 Å². The number of sulfonamides is 1. The van der Waals surface area contributed by atoms with Crippen molar-refractivity contribution in [3.8, 4) is 0 Å². The topological polar surface area (TPSA) is 110 Å². The Balaban J connectivity index is 2.25. The summed E-state index contributed by atoms with van der Waals surface area (Å²) in [7, 11) is -3.90. The lowest BCUT2D eigenvalue weighted by atomic mass is 10.2. The molecule has 0 spiro atoms. The number of carboxylic acids is 1. The van der Waals surface area contributed by atoms with Crippen molar-refractivity contribution in [3.05, 3.63) is 46.1 Å². The van der Waals surface area contributed by atoms with Gasteiger partial charge in [-0.2, -0.15) is 0 Å². The highest BCUT2D eigenvalue weighted by Crippen LogP contribution is 2.21. The van der Waals surface area contributed by atoms with Crippen LogP contribution in [-0.4, -0.2) is 24.5 Å². The van der Waals surface area contributed by atoms with E-state index in [1.54, 1.807) is 13.8 Å². The van der Waals surface area contributed by atoms with Crippen molar-refractivity contribution in [2.24, 2.45) is 0 Å². The predicted molar refractivity (Wildman–Crippen MR) is 78.4 cm³/mol. The number of rotatable bonds is 5. The average Bonchev–Trinajstić information content (AvgIpc) is 2.74. The number of benzene rings is 1. The van der Waals surface area contributed by atoms with Gasteiger partial charge in [0.05, 0.1) is 27.7 Å². The van der Waals surface area contributed by atoms with Crippen LogP contribution < -0.4 is 4.72 Å². The Kier molecular flexibility index (Phi) is 4.55. The van der Waals surface area contributed by atoms with E-state index in [4.69, 9.17) is 21.1 Å². The number of halogens is 1. The number of hydrogen-bond acceptors (Lipinski definition) is 5. The lowest BCUT2D eigenvalue weighted by Gasteiger charge is -2.07. The second-order valence-electron chi connectivity index (χ2n) is 4.51. The number of oxazole rings is 1. The molecular formula is C13H13ClN2O5S. The first-order valence-electron chi connectivity index (χ1n) is 6.16. The third kappa shape index (κ3) is 3.46. The quantitative estimate of drug-likeness (QED) is 0.859. The predicted octanol–water partition coefficient (Wildman–Crippen LogP) is 2.12. The fraction of sp³-hybridized carbons (Fsp3) is 0.231. The number of carbonyl (C=O) groups is 1. The summed E-state index contributed by atoms with van der Waals surface area (Å²) in [5.74, 6) is -0.469. The maximum Gasteiger partial charge on any atom is 0.337 e. The maximum atomic E-state index is 12.2. The molecule has 2 N–H and O–H groups in total. The van der Waals surface area contributed by atoms with Crippen molar-refractivity contribution in [3.63, 3.8) is 0 Å². The van der Waals surface area contributed by atoms with Crippen molar-refractivity contribution < 1.29 is 22.7 Å². The molecule has 2 rings (SSSR count). The van der Waals surface area contributed by atoms with Crippen LogP contribution in [0.5, 0.6) is 0 Å². The van der Waals surface area contributed by atoms with E-state index in [0.717, 1.165) is 6.07 Å². The van der Waals surface area contributed by atoms with Crippen LogP contribution in [0.3, 0.4) is 0 Å². The molecule has 0 amide bonds. The molecule has 0 aliphatic rings. The first-order chi connectivity index (χ1) is 10.2. The number of aromatic nitrogens is 1. The number of carboxylic acid groups (broad SMARTS) is 1. The molecule has 0 radical (unpaired) electrons. The van der Waals surface area contributed by atoms with Crippen LogP contribution in [0.4, 0.5) is 0 Å². The van der Waals surface area contributed by atoms with Crippen LogP contribution in [0.1, 0.15) is 27.7 Å². The zero-order valence-corrected chi connectivity index (χ0v) is 13.3. The summed E-state index contributed by atoms with van der Waals surface area (Å²) in [6, 6.07) is 3.46. The van der Waals surface area contributed by atoms with Gasteiger partial charge >= 0.3 is 5.97 Å². The van der Waals surface area contributed by atoms with Gasteiger partial charge in [0, 0.05) is 6.92 Å². The maximum absolute atomic E-state index is 12.2. The van der Waals surface area contributed by atoms with Crippen molar-refractivity contribution in [1.29, 1.82) is 0 Å². The van der Waals surface area contributed by atoms with Crippen LogP contribution in [-0.2, 0) is 16.6 Å². The van der Waals surface area contributed by atoms with Crippen LogP contribution in [0, 0.1) is 13.8 Å². The fourth-order valence-corrected chi connectivity index (χ4v) is 3.02. The molecule has 22 heavy (non-hydrogen) atoms. The molecule has 118 valence electrons. The van der Waals surface area contributed by atoms with Gasteiger partial charge in [-0.15, -0.1) is 0 Å². The molecule has 0 bridgehead atoms. The summed E-state index contributed by atoms with van der Waals surface area (Å²) >= 11 is 5.72. The van der Waals surface area contributed by atoms with Crippen LogP contribution >= 0.6 is 11.6 Å². The summed E-state index contributed by atoms with van der Waals surface area (Å²) in [6.07, 6.45) is 0. The first-order valence-corrected chi connectivity index (χ1v) is 8.02. The Morgan fingerprint density at radius 2 is 2.09 bits per heavy atom. The van der Waals surface area contributed by atoms with Gasteiger partial charge in [0.2, 0.25) is 10.0 Å². The highest BCUT2D eigenvalue weighted by atomic mass is 35.5. The van der Waals surface area contributed by atoms with E-state index in [2.05, 4.69) is 9.71 Å². The van der Waals surface area contributed by atoms with Gasteiger partial charge in [-0.05, 0) is 25.1 Å². The molecule has 9 heteroatoms. The minimum absolute atomic E-state index is 0.0341. The van der Waals surface area contributed by atoms with Gasteiger partial charge in [-0.25, -0.2) is 22.9 Å². The van der Waals surface area contributed by atoms with E-state index in [0.29, 0.717) is 17.3 Å². The second kappa shape index (κ2) is 6.07. The fourth-order valence-electron chi connectivity index (χ4n) is 1.82. The molecule has 0 unspecified atom stereocenters. The van der Waals surface area contributed by atoms with E-state index in [-0.39, 0.29) is 22.0 Å². The minimum Gasteiger partial charge on any atom is -0.478 e. The summed E-state index contributed by atoms with van der Waals surface area (Å²) in [4.78, 5) is 14.9. The average molecular weight is 345 g/mol. The van der Waals surface area contributed by atoms with E-state index < -0.39 is 16.0 Å². The van der Waals surface area contributed by atoms with Gasteiger partial charge in [-0.1, -0.05) is 11.6 Å². The van der Waals surface area contributed by atoms with Gasteiger partial charge < -0.3 is 9.52 Å². The summed E-state index contributed by atoms with van der Waals surface area (Å²) < 4.78 is 32.0. The molecule has 1 aromatic heterocycles. The summed E-state index contributed by atoms with van der Waals surface area (Å²) in [6.45, 7) is 3.27. The Morgan fingerprint density at radius 1 is 1.41 bits per heavy atom.